The number of piperazine rings is 1. The molecule has 2 amide bonds. The van der Waals surface area contributed by atoms with Crippen molar-refractivity contribution in [2.45, 2.75) is 90.7 Å². The number of amides is 2. The molecule has 0 aliphatic carbocycles. The van der Waals surface area contributed by atoms with Gasteiger partial charge in [-0.05, 0) is 72.2 Å². The molecule has 14 heteroatoms. The maximum absolute atomic E-state index is 14.6. The third kappa shape index (κ3) is 9.99. The fraction of sp³-hybridized carbons (Fsp3) is 0.675. The predicted octanol–water partition coefficient (Wildman–Crippen LogP) is 4.06. The van der Waals surface area contributed by atoms with Crippen molar-refractivity contribution in [1.82, 2.24) is 24.6 Å². The lowest BCUT2D eigenvalue weighted by Crippen LogP contribution is -2.65. The fourth-order valence-electron chi connectivity index (χ4n) is 7.79. The van der Waals surface area contributed by atoms with E-state index in [0.717, 1.165) is 30.8 Å². The molecule has 0 radical (unpaired) electrons. The molecule has 5 atom stereocenters. The summed E-state index contributed by atoms with van der Waals surface area (Å²) in [5.41, 5.74) is 1.64. The van der Waals surface area contributed by atoms with Gasteiger partial charge in [-0.2, -0.15) is 4.98 Å². The van der Waals surface area contributed by atoms with Gasteiger partial charge in [0.05, 0.1) is 39.0 Å². The summed E-state index contributed by atoms with van der Waals surface area (Å²) in [6.07, 6.45) is 0.0962. The van der Waals surface area contributed by atoms with E-state index in [1.165, 1.54) is 12.1 Å². The molecule has 0 unspecified atom stereocenters. The van der Waals surface area contributed by atoms with E-state index >= 15 is 0 Å². The number of aromatic nitrogens is 1. The second-order valence-corrected chi connectivity index (χ2v) is 16.3. The Morgan fingerprint density at radius 1 is 0.926 bits per heavy atom. The van der Waals surface area contributed by atoms with Gasteiger partial charge in [0, 0.05) is 75.4 Å². The molecule has 2 aromatic rings. The van der Waals surface area contributed by atoms with Crippen LogP contribution in [0.2, 0.25) is 0 Å². The van der Waals surface area contributed by atoms with E-state index < -0.39 is 5.60 Å². The largest absolute Gasteiger partial charge is 0.476 e. The standard InChI is InChI=1S/C40H59FN6O7/c1-27-20-44(34(21-45-28(2)24-51-25-29(45)3)22-46(27)39(49)54-40(5,6)7)23-36(48)47-30(4)26-53-38-35(47)19-32(18-31-8-10-33(41)11-9-31)37(42-38)52-17-14-43-12-15-50-16-13-43/h8-11,19,27-30,34H,12-18,20-26H2,1-7H3/t27-,28-,29-,30+,34+/m1/s1. The van der Waals surface area contributed by atoms with E-state index in [2.05, 4.69) is 28.5 Å². The number of hydrogen-bond donors (Lipinski definition) is 0. The van der Waals surface area contributed by atoms with Crippen molar-refractivity contribution in [3.63, 3.8) is 0 Å². The fourth-order valence-corrected chi connectivity index (χ4v) is 7.79. The van der Waals surface area contributed by atoms with Crippen LogP contribution in [-0.2, 0) is 25.4 Å². The molecule has 3 fully saturated rings. The monoisotopic (exact) mass is 754 g/mol. The Morgan fingerprint density at radius 2 is 1.63 bits per heavy atom. The van der Waals surface area contributed by atoms with Crippen LogP contribution >= 0.6 is 0 Å². The van der Waals surface area contributed by atoms with Gasteiger partial charge in [0.1, 0.15) is 30.3 Å². The molecule has 54 heavy (non-hydrogen) atoms. The molecule has 298 valence electrons. The van der Waals surface area contributed by atoms with Gasteiger partial charge >= 0.3 is 6.09 Å². The van der Waals surface area contributed by atoms with Crippen molar-refractivity contribution in [3.8, 4) is 11.8 Å². The van der Waals surface area contributed by atoms with Gasteiger partial charge in [0.2, 0.25) is 17.7 Å². The molecule has 4 aliphatic rings. The number of hydrogen-bond acceptors (Lipinski definition) is 11. The number of halogens is 1. The Morgan fingerprint density at radius 3 is 2.31 bits per heavy atom. The van der Waals surface area contributed by atoms with Crippen molar-refractivity contribution in [2.75, 3.05) is 90.4 Å². The van der Waals surface area contributed by atoms with Crippen LogP contribution in [0.25, 0.3) is 0 Å². The number of fused-ring (bicyclic) bond motifs is 1. The van der Waals surface area contributed by atoms with Crippen LogP contribution in [0.4, 0.5) is 14.9 Å². The first-order chi connectivity index (χ1) is 25.8. The lowest BCUT2D eigenvalue weighted by Gasteiger charge is -2.49. The highest BCUT2D eigenvalue weighted by molar-refractivity contribution is 5.97. The summed E-state index contributed by atoms with van der Waals surface area (Å²) >= 11 is 0. The van der Waals surface area contributed by atoms with E-state index in [1.807, 2.05) is 45.6 Å². The molecule has 13 nitrogen and oxygen atoms in total. The van der Waals surface area contributed by atoms with Crippen LogP contribution < -0.4 is 14.4 Å². The molecule has 4 aliphatic heterocycles. The third-order valence-electron chi connectivity index (χ3n) is 10.7. The summed E-state index contributed by atoms with van der Waals surface area (Å²) in [5.74, 6) is 0.407. The lowest BCUT2D eigenvalue weighted by atomic mass is 10.0. The Kier molecular flexibility index (Phi) is 13.0. The van der Waals surface area contributed by atoms with Gasteiger partial charge in [-0.1, -0.05) is 12.1 Å². The van der Waals surface area contributed by atoms with Gasteiger partial charge in [0.25, 0.3) is 0 Å². The Labute approximate surface area is 319 Å². The van der Waals surface area contributed by atoms with Gasteiger partial charge < -0.3 is 33.5 Å². The SMILES string of the molecule is C[C@@H]1CN(CC(=O)N2c3cc(Cc4ccc(F)cc4)c(OCCN4CCOCC4)nc3OC[C@@H]2C)[C@@H](CN2[C@H](C)COC[C@H]2C)CN1C(=O)OC(C)(C)C. The smallest absolute Gasteiger partial charge is 0.410 e. The zero-order chi connectivity index (χ0) is 38.6. The van der Waals surface area contributed by atoms with Crippen molar-refractivity contribution >= 4 is 17.7 Å². The molecule has 1 aromatic carbocycles. The third-order valence-corrected chi connectivity index (χ3v) is 10.7. The first-order valence-electron chi connectivity index (χ1n) is 19.5. The highest BCUT2D eigenvalue weighted by atomic mass is 19.1. The molecule has 0 saturated carbocycles. The van der Waals surface area contributed by atoms with Crippen LogP contribution in [0, 0.1) is 5.82 Å². The highest BCUT2D eigenvalue weighted by Crippen LogP contribution is 2.38. The molecule has 3 saturated heterocycles. The van der Waals surface area contributed by atoms with E-state index in [9.17, 15) is 14.0 Å². The van der Waals surface area contributed by atoms with Crippen molar-refractivity contribution in [3.05, 3.63) is 47.3 Å². The maximum Gasteiger partial charge on any atom is 0.410 e. The molecular weight excluding hydrogens is 695 g/mol. The van der Waals surface area contributed by atoms with Gasteiger partial charge in [-0.15, -0.1) is 0 Å². The van der Waals surface area contributed by atoms with Crippen LogP contribution in [-0.4, -0.2) is 158 Å². The van der Waals surface area contributed by atoms with Crippen LogP contribution in [0.1, 0.15) is 59.6 Å². The summed E-state index contributed by atoms with van der Waals surface area (Å²) in [6, 6.07) is 8.19. The van der Waals surface area contributed by atoms with Crippen LogP contribution in [0.5, 0.6) is 11.8 Å². The number of rotatable bonds is 10. The number of nitrogens with zero attached hydrogens (tertiary/aromatic N) is 6. The summed E-state index contributed by atoms with van der Waals surface area (Å²) in [6.45, 7) is 21.5. The number of benzene rings is 1. The second-order valence-electron chi connectivity index (χ2n) is 16.3. The molecule has 0 bridgehead atoms. The summed E-state index contributed by atoms with van der Waals surface area (Å²) in [4.78, 5) is 43.5. The van der Waals surface area contributed by atoms with Crippen molar-refractivity contribution < 1.29 is 37.7 Å². The highest BCUT2D eigenvalue weighted by Gasteiger charge is 2.41. The average Bonchev–Trinajstić information content (AvgIpc) is 3.11. The zero-order valence-corrected chi connectivity index (χ0v) is 33.1. The lowest BCUT2D eigenvalue weighted by molar-refractivity contribution is -0.123. The number of carbonyl (C=O) groups is 2. The number of carbonyl (C=O) groups excluding carboxylic acids is 2. The normalized spacial score (nSPS) is 25.9. The van der Waals surface area contributed by atoms with E-state index in [-0.39, 0.29) is 61.2 Å². The zero-order valence-electron chi connectivity index (χ0n) is 33.1. The van der Waals surface area contributed by atoms with Gasteiger partial charge in [0.15, 0.2) is 0 Å². The maximum atomic E-state index is 14.6. The van der Waals surface area contributed by atoms with E-state index in [1.54, 1.807) is 17.0 Å². The topological polar surface area (TPSA) is 109 Å². The number of ether oxygens (including phenoxy) is 5. The van der Waals surface area contributed by atoms with Gasteiger partial charge in [-0.3, -0.25) is 19.5 Å². The molecule has 5 heterocycles. The minimum Gasteiger partial charge on any atom is -0.476 e. The summed E-state index contributed by atoms with van der Waals surface area (Å²) in [7, 11) is 0. The average molecular weight is 755 g/mol. The molecule has 6 rings (SSSR count). The second kappa shape index (κ2) is 17.5. The van der Waals surface area contributed by atoms with Crippen LogP contribution in [0.15, 0.2) is 30.3 Å². The van der Waals surface area contributed by atoms with Crippen molar-refractivity contribution in [2.24, 2.45) is 0 Å². The quantitative estimate of drug-likeness (QED) is 0.351. The minimum atomic E-state index is -0.621. The molecule has 1 aromatic heterocycles. The molecule has 0 N–H and O–H groups in total. The number of morpholine rings is 2. The van der Waals surface area contributed by atoms with E-state index in [4.69, 9.17) is 28.7 Å². The van der Waals surface area contributed by atoms with E-state index in [0.29, 0.717) is 76.5 Å². The molecule has 0 spiro atoms. The Bertz CT molecular complexity index is 1580. The van der Waals surface area contributed by atoms with Crippen molar-refractivity contribution in [1.29, 1.82) is 0 Å². The number of anilines is 1. The summed E-state index contributed by atoms with van der Waals surface area (Å²) < 4.78 is 43.4. The van der Waals surface area contributed by atoms with Crippen LogP contribution in [0.3, 0.4) is 0 Å². The number of pyridine rings is 1. The Balaban J connectivity index is 1.25. The predicted molar refractivity (Wildman–Crippen MR) is 203 cm³/mol. The Hall–Kier alpha value is -3.56. The first-order valence-corrected chi connectivity index (χ1v) is 19.5. The molecular formula is C40H59FN6O7. The summed E-state index contributed by atoms with van der Waals surface area (Å²) in [5, 5.41) is 0. The first kappa shape index (κ1) is 40.1. The minimum absolute atomic E-state index is 0.0754. The van der Waals surface area contributed by atoms with Gasteiger partial charge in [-0.25, -0.2) is 9.18 Å².